The Morgan fingerprint density at radius 1 is 0.775 bits per heavy atom. The predicted octanol–water partition coefficient (Wildman–Crippen LogP) is 6.10. The summed E-state index contributed by atoms with van der Waals surface area (Å²) in [5.41, 5.74) is 2.72. The summed E-state index contributed by atoms with van der Waals surface area (Å²) in [5, 5.41) is 15.7. The lowest BCUT2D eigenvalue weighted by molar-refractivity contribution is -0.384. The van der Waals surface area contributed by atoms with Crippen molar-refractivity contribution in [3.8, 4) is 11.5 Å². The number of nitrogens with one attached hydrogen (secondary N) is 1. The zero-order valence-electron chi connectivity index (χ0n) is 20.2. The van der Waals surface area contributed by atoms with Crippen molar-refractivity contribution in [2.24, 2.45) is 5.10 Å². The van der Waals surface area contributed by atoms with Crippen LogP contribution in [0.15, 0.2) is 96.1 Å². The average Bonchev–Trinajstić information content (AvgIpc) is 2.94. The molecule has 1 N–H and O–H groups in total. The van der Waals surface area contributed by atoms with Crippen molar-refractivity contribution in [3.63, 3.8) is 0 Å². The summed E-state index contributed by atoms with van der Waals surface area (Å²) in [5.74, 6) is -2.06. The highest BCUT2D eigenvalue weighted by atomic mass is 35.5. The minimum absolute atomic E-state index is 0.0187. The van der Waals surface area contributed by atoms with Crippen LogP contribution in [0.25, 0.3) is 0 Å². The molecular weight excluding hydrogens is 561 g/mol. The van der Waals surface area contributed by atoms with Gasteiger partial charge in [-0.05, 0) is 66.7 Å². The summed E-state index contributed by atoms with van der Waals surface area (Å²) in [7, 11) is 0. The van der Waals surface area contributed by atoms with Gasteiger partial charge in [0.25, 0.3) is 11.6 Å². The molecule has 10 nitrogen and oxygen atoms in total. The van der Waals surface area contributed by atoms with E-state index in [-0.39, 0.29) is 39.4 Å². The Balaban J connectivity index is 1.56. The van der Waals surface area contributed by atoms with Crippen LogP contribution < -0.4 is 14.9 Å². The number of carbonyl (C=O) groups is 3. The number of nitro groups is 1. The first-order valence-electron chi connectivity index (χ1n) is 11.4. The van der Waals surface area contributed by atoms with Crippen molar-refractivity contribution in [1.82, 2.24) is 5.43 Å². The van der Waals surface area contributed by atoms with E-state index in [0.717, 1.165) is 6.07 Å². The number of carbonyl (C=O) groups excluding carboxylic acids is 3. The molecule has 4 aromatic carbocycles. The largest absolute Gasteiger partial charge is 0.423 e. The Labute approximate surface area is 236 Å². The molecular formula is C28H17Cl2N3O7. The number of halogens is 2. The molecule has 12 heteroatoms. The molecule has 4 aromatic rings. The average molecular weight is 578 g/mol. The van der Waals surface area contributed by atoms with Crippen LogP contribution in [0.1, 0.15) is 36.6 Å². The van der Waals surface area contributed by atoms with Crippen LogP contribution in [0, 0.1) is 10.1 Å². The molecule has 0 aromatic heterocycles. The monoisotopic (exact) mass is 577 g/mol. The van der Waals surface area contributed by atoms with Crippen LogP contribution in [0.3, 0.4) is 0 Å². The molecule has 0 radical (unpaired) electrons. The van der Waals surface area contributed by atoms with Crippen molar-refractivity contribution in [3.05, 3.63) is 133 Å². The lowest BCUT2D eigenvalue weighted by Crippen LogP contribution is -2.18. The van der Waals surface area contributed by atoms with E-state index < -0.39 is 22.8 Å². The maximum atomic E-state index is 12.8. The van der Waals surface area contributed by atoms with Gasteiger partial charge in [0.2, 0.25) is 0 Å². The molecule has 0 aliphatic carbocycles. The molecule has 4 rings (SSSR count). The molecule has 40 heavy (non-hydrogen) atoms. The third kappa shape index (κ3) is 7.28. The van der Waals surface area contributed by atoms with Gasteiger partial charge in [0, 0.05) is 39.4 Å². The summed E-state index contributed by atoms with van der Waals surface area (Å²) >= 11 is 11.8. The van der Waals surface area contributed by atoms with Crippen molar-refractivity contribution >= 4 is 52.9 Å². The van der Waals surface area contributed by atoms with E-state index in [1.165, 1.54) is 79.0 Å². The normalized spacial score (nSPS) is 10.7. The maximum Gasteiger partial charge on any atom is 0.343 e. The van der Waals surface area contributed by atoms with Crippen LogP contribution in [-0.4, -0.2) is 29.0 Å². The lowest BCUT2D eigenvalue weighted by atomic mass is 10.2. The molecule has 1 amide bonds. The Hall–Kier alpha value is -5.06. The van der Waals surface area contributed by atoms with Gasteiger partial charge in [0.05, 0.1) is 22.3 Å². The van der Waals surface area contributed by atoms with Crippen LogP contribution in [0.2, 0.25) is 10.0 Å². The predicted molar refractivity (Wildman–Crippen MR) is 147 cm³/mol. The summed E-state index contributed by atoms with van der Waals surface area (Å²) < 4.78 is 10.9. The number of nitrogens with zero attached hydrogens (tertiary/aromatic N) is 2. The third-order valence-electron chi connectivity index (χ3n) is 5.25. The van der Waals surface area contributed by atoms with Crippen molar-refractivity contribution in [2.75, 3.05) is 0 Å². The highest BCUT2D eigenvalue weighted by Crippen LogP contribution is 2.26. The fraction of sp³-hybridized carbons (Fsp3) is 0. The first-order valence-corrected chi connectivity index (χ1v) is 12.1. The first-order chi connectivity index (χ1) is 19.2. The van der Waals surface area contributed by atoms with E-state index in [0.29, 0.717) is 10.0 Å². The Bertz CT molecular complexity index is 1620. The van der Waals surface area contributed by atoms with E-state index in [9.17, 15) is 24.5 Å². The van der Waals surface area contributed by atoms with Crippen LogP contribution in [-0.2, 0) is 0 Å². The fourth-order valence-electron chi connectivity index (χ4n) is 3.26. The molecule has 200 valence electrons. The van der Waals surface area contributed by atoms with Gasteiger partial charge < -0.3 is 9.47 Å². The van der Waals surface area contributed by atoms with Crippen LogP contribution in [0.4, 0.5) is 5.69 Å². The summed E-state index contributed by atoms with van der Waals surface area (Å²) in [4.78, 5) is 48.1. The van der Waals surface area contributed by atoms with Crippen molar-refractivity contribution in [2.45, 2.75) is 0 Å². The quantitative estimate of drug-likeness (QED) is 0.0876. The second-order valence-electron chi connectivity index (χ2n) is 8.00. The standard InChI is InChI=1S/C28H17Cl2N3O7/c29-21-9-4-17(5-10-21)27(35)39-24-13-8-20(25(15-24)40-28(36)18-6-11-22(30)12-7-18)16-31-32-26(34)19-2-1-3-23(14-19)33(37)38/h1-16H,(H,32,34). The van der Waals surface area contributed by atoms with E-state index in [4.69, 9.17) is 32.7 Å². The highest BCUT2D eigenvalue weighted by Gasteiger charge is 2.16. The smallest absolute Gasteiger partial charge is 0.343 e. The van der Waals surface area contributed by atoms with Gasteiger partial charge in [-0.3, -0.25) is 14.9 Å². The second-order valence-corrected chi connectivity index (χ2v) is 8.87. The highest BCUT2D eigenvalue weighted by molar-refractivity contribution is 6.31. The van der Waals surface area contributed by atoms with Crippen LogP contribution in [0.5, 0.6) is 11.5 Å². The Morgan fingerprint density at radius 2 is 1.38 bits per heavy atom. The summed E-state index contributed by atoms with van der Waals surface area (Å²) in [6.45, 7) is 0. The number of amides is 1. The molecule has 0 fully saturated rings. The van der Waals surface area contributed by atoms with Gasteiger partial charge in [-0.2, -0.15) is 5.10 Å². The molecule has 0 atom stereocenters. The van der Waals surface area contributed by atoms with Crippen LogP contribution >= 0.6 is 23.2 Å². The van der Waals surface area contributed by atoms with Gasteiger partial charge in [0.1, 0.15) is 11.5 Å². The van der Waals surface area contributed by atoms with Gasteiger partial charge in [-0.25, -0.2) is 15.0 Å². The Morgan fingerprint density at radius 3 is 1.98 bits per heavy atom. The summed E-state index contributed by atoms with van der Waals surface area (Å²) in [6, 6.07) is 21.4. The van der Waals surface area contributed by atoms with Gasteiger partial charge in [0.15, 0.2) is 0 Å². The molecule has 0 bridgehead atoms. The van der Waals surface area contributed by atoms with Gasteiger partial charge in [-0.15, -0.1) is 0 Å². The number of non-ortho nitro benzene ring substituents is 1. The van der Waals surface area contributed by atoms with Gasteiger partial charge in [-0.1, -0.05) is 29.3 Å². The topological polar surface area (TPSA) is 137 Å². The number of hydrazone groups is 1. The van der Waals surface area contributed by atoms with E-state index in [1.54, 1.807) is 12.1 Å². The zero-order valence-corrected chi connectivity index (χ0v) is 21.8. The molecule has 0 aliphatic heterocycles. The molecule has 0 aliphatic rings. The summed E-state index contributed by atoms with van der Waals surface area (Å²) in [6.07, 6.45) is 1.20. The van der Waals surface area contributed by atoms with Gasteiger partial charge >= 0.3 is 11.9 Å². The third-order valence-corrected chi connectivity index (χ3v) is 5.75. The van der Waals surface area contributed by atoms with E-state index >= 15 is 0 Å². The fourth-order valence-corrected chi connectivity index (χ4v) is 3.51. The molecule has 0 saturated heterocycles. The van der Waals surface area contributed by atoms with Crippen molar-refractivity contribution in [1.29, 1.82) is 0 Å². The lowest BCUT2D eigenvalue weighted by Gasteiger charge is -2.11. The number of hydrogen-bond acceptors (Lipinski definition) is 8. The molecule has 0 spiro atoms. The number of nitro benzene ring substituents is 1. The molecule has 0 heterocycles. The number of ether oxygens (including phenoxy) is 2. The minimum atomic E-state index is -0.729. The van der Waals surface area contributed by atoms with E-state index in [2.05, 4.69) is 10.5 Å². The molecule has 0 saturated carbocycles. The number of esters is 2. The van der Waals surface area contributed by atoms with E-state index in [1.807, 2.05) is 0 Å². The van der Waals surface area contributed by atoms with Crippen molar-refractivity contribution < 1.29 is 28.8 Å². The maximum absolute atomic E-state index is 12.8. The number of rotatable bonds is 8. The number of hydrogen-bond donors (Lipinski definition) is 1. The SMILES string of the molecule is O=C(NN=Cc1ccc(OC(=O)c2ccc(Cl)cc2)cc1OC(=O)c1ccc(Cl)cc1)c1cccc([N+](=O)[O-])c1. The minimum Gasteiger partial charge on any atom is -0.423 e. The second kappa shape index (κ2) is 12.7. The first kappa shape index (κ1) is 28.0. The number of benzene rings is 4. The Kier molecular flexibility index (Phi) is 8.85. The zero-order chi connectivity index (χ0) is 28.6. The molecule has 0 unspecified atom stereocenters.